The smallest absolute Gasteiger partial charge is 0.285 e. The lowest BCUT2D eigenvalue weighted by molar-refractivity contribution is 0.0849. The van der Waals surface area contributed by atoms with Gasteiger partial charge in [-0.05, 0) is 57.9 Å². The molecule has 0 aromatic heterocycles. The number of fused-ring (bicyclic) bond motifs is 2. The van der Waals surface area contributed by atoms with Gasteiger partial charge in [-0.25, -0.2) is 8.78 Å². The zero-order valence-electron chi connectivity index (χ0n) is 27.7. The van der Waals surface area contributed by atoms with E-state index in [0.717, 1.165) is 12.8 Å². The molecule has 5 rings (SSSR count). The Morgan fingerprint density at radius 3 is 1.53 bits per heavy atom. The first-order valence-corrected chi connectivity index (χ1v) is 18.1. The van der Waals surface area contributed by atoms with Gasteiger partial charge in [-0.3, -0.25) is 0 Å². The van der Waals surface area contributed by atoms with Crippen molar-refractivity contribution in [3.05, 3.63) is 47.5 Å². The van der Waals surface area contributed by atoms with Crippen molar-refractivity contribution >= 4 is 31.7 Å². The zero-order valence-corrected chi connectivity index (χ0v) is 29.3. The second-order valence-electron chi connectivity index (χ2n) is 10.1. The predicted molar refractivity (Wildman–Crippen MR) is 174 cm³/mol. The summed E-state index contributed by atoms with van der Waals surface area (Å²) in [6.07, 6.45) is -1.03. The molecule has 0 saturated heterocycles. The molecule has 1 aliphatic carbocycles. The van der Waals surface area contributed by atoms with Gasteiger partial charge in [0.1, 0.15) is 21.3 Å². The van der Waals surface area contributed by atoms with Crippen LogP contribution in [0.3, 0.4) is 0 Å². The summed E-state index contributed by atoms with van der Waals surface area (Å²) in [6.45, 7) is 16.9. The Bertz CT molecular complexity index is 1590. The minimum Gasteiger partial charge on any atom is -0.460 e. The fourth-order valence-corrected chi connectivity index (χ4v) is 7.10. The van der Waals surface area contributed by atoms with Crippen LogP contribution in [0.4, 0.5) is 8.78 Å². The topological polar surface area (TPSA) is 118 Å². The second-order valence-corrected chi connectivity index (χ2v) is 13.3. The van der Waals surface area contributed by atoms with Crippen molar-refractivity contribution in [2.45, 2.75) is 110 Å². The van der Waals surface area contributed by atoms with E-state index in [0.29, 0.717) is 23.5 Å². The number of rotatable bonds is 7. The van der Waals surface area contributed by atoms with Crippen LogP contribution in [0.15, 0.2) is 55.0 Å². The van der Waals surface area contributed by atoms with Crippen LogP contribution in [0, 0.1) is 0 Å². The Kier molecular flexibility index (Phi) is 13.3. The highest BCUT2D eigenvalue weighted by Crippen LogP contribution is 2.39. The Morgan fingerprint density at radius 1 is 0.778 bits per heavy atom. The number of ether oxygens (including phenoxy) is 2. The number of nitrogens with zero attached hydrogens (tertiary/aromatic N) is 4. The Morgan fingerprint density at radius 2 is 1.18 bits per heavy atom. The lowest BCUT2D eigenvalue weighted by atomic mass is 10.1. The van der Waals surface area contributed by atoms with E-state index in [2.05, 4.69) is 8.80 Å². The zero-order chi connectivity index (χ0) is 34.3. The van der Waals surface area contributed by atoms with E-state index in [4.69, 9.17) is 9.47 Å². The van der Waals surface area contributed by atoms with Crippen LogP contribution in [0.1, 0.15) is 86.3 Å². The first kappa shape index (κ1) is 37.9. The molecule has 2 aromatic rings. The molecule has 2 atom stereocenters. The third-order valence-electron chi connectivity index (χ3n) is 6.55. The molecule has 2 unspecified atom stereocenters. The van der Waals surface area contributed by atoms with Crippen LogP contribution < -0.4 is 9.47 Å². The number of hydrogen-bond acceptors (Lipinski definition) is 8. The fourth-order valence-electron chi connectivity index (χ4n) is 4.63. The van der Waals surface area contributed by atoms with Crippen molar-refractivity contribution in [3.8, 4) is 11.5 Å². The van der Waals surface area contributed by atoms with E-state index in [1.54, 1.807) is 24.1 Å². The van der Waals surface area contributed by atoms with Crippen LogP contribution in [-0.2, 0) is 20.0 Å². The molecule has 14 heteroatoms. The molecule has 45 heavy (non-hydrogen) atoms. The lowest BCUT2D eigenvalue weighted by Gasteiger charge is -2.29. The Labute approximate surface area is 267 Å². The molecule has 0 radical (unpaired) electrons. The summed E-state index contributed by atoms with van der Waals surface area (Å²) in [6, 6.07) is 9.50. The molecule has 2 aliphatic heterocycles. The average molecular weight is 673 g/mol. The number of sulfonamides is 2. The van der Waals surface area contributed by atoms with Gasteiger partial charge in [0, 0.05) is 39.5 Å². The SMILES string of the molecule is CC.CC.CC(F)Oc1cccc2c1C(N(C(C)C)C1CC1)=NS2(=O)=O.CCN(C)C1=NS(=O)(=O)c2cccc(OC(C)F)c21. The van der Waals surface area contributed by atoms with E-state index in [9.17, 15) is 25.6 Å². The molecule has 3 aliphatic rings. The predicted octanol–water partition coefficient (Wildman–Crippen LogP) is 6.54. The molecule has 1 saturated carbocycles. The maximum atomic E-state index is 13.3. The van der Waals surface area contributed by atoms with Gasteiger partial charge in [-0.15, -0.1) is 8.80 Å². The van der Waals surface area contributed by atoms with E-state index in [1.165, 1.54) is 38.1 Å². The molecule has 0 spiro atoms. The molecular formula is C31H46F2N4O6S2. The monoisotopic (exact) mass is 672 g/mol. The van der Waals surface area contributed by atoms with E-state index >= 15 is 0 Å². The highest BCUT2D eigenvalue weighted by molar-refractivity contribution is 7.91. The number of amidine groups is 2. The summed E-state index contributed by atoms with van der Waals surface area (Å²) >= 11 is 0. The highest BCUT2D eigenvalue weighted by atomic mass is 32.2. The summed E-state index contributed by atoms with van der Waals surface area (Å²) < 4.78 is 92.7. The molecule has 252 valence electrons. The van der Waals surface area contributed by atoms with Crippen molar-refractivity contribution in [1.29, 1.82) is 0 Å². The minimum atomic E-state index is -3.75. The van der Waals surface area contributed by atoms with Crippen molar-refractivity contribution in [2.24, 2.45) is 8.80 Å². The van der Waals surface area contributed by atoms with E-state index in [1.807, 2.05) is 53.4 Å². The van der Waals surface area contributed by atoms with E-state index < -0.39 is 32.8 Å². The first-order valence-electron chi connectivity index (χ1n) is 15.3. The van der Waals surface area contributed by atoms with Crippen LogP contribution in [0.25, 0.3) is 0 Å². The molecule has 1 fully saturated rings. The molecule has 0 amide bonds. The average Bonchev–Trinajstić information content (AvgIpc) is 3.71. The number of halogens is 2. The van der Waals surface area contributed by atoms with Crippen molar-refractivity contribution in [3.63, 3.8) is 0 Å². The molecule has 0 bridgehead atoms. The molecule has 2 heterocycles. The Balaban J connectivity index is 0.000000285. The number of hydrogen-bond donors (Lipinski definition) is 0. The van der Waals surface area contributed by atoms with Crippen molar-refractivity contribution in [2.75, 3.05) is 13.6 Å². The fraction of sp³-hybridized carbons (Fsp3) is 0.548. The van der Waals surface area contributed by atoms with Gasteiger partial charge < -0.3 is 19.3 Å². The van der Waals surface area contributed by atoms with Crippen LogP contribution in [0.5, 0.6) is 11.5 Å². The number of alkyl halides is 2. The first-order chi connectivity index (χ1) is 21.2. The highest BCUT2D eigenvalue weighted by Gasteiger charge is 2.41. The summed E-state index contributed by atoms with van der Waals surface area (Å²) in [5, 5.41) is 0. The molecular weight excluding hydrogens is 626 g/mol. The lowest BCUT2D eigenvalue weighted by Crippen LogP contribution is -2.39. The summed E-state index contributed by atoms with van der Waals surface area (Å²) in [7, 11) is -5.76. The van der Waals surface area contributed by atoms with Gasteiger partial charge in [0.2, 0.25) is 12.7 Å². The van der Waals surface area contributed by atoms with Gasteiger partial charge in [-0.1, -0.05) is 39.8 Å². The summed E-state index contributed by atoms with van der Waals surface area (Å²) in [4.78, 5) is 3.83. The molecule has 2 aromatic carbocycles. The minimum absolute atomic E-state index is 0.0564. The summed E-state index contributed by atoms with van der Waals surface area (Å²) in [5.41, 5.74) is 0.712. The van der Waals surface area contributed by atoms with Gasteiger partial charge >= 0.3 is 0 Å². The molecule has 10 nitrogen and oxygen atoms in total. The van der Waals surface area contributed by atoms with Crippen LogP contribution in [-0.4, -0.2) is 76.7 Å². The van der Waals surface area contributed by atoms with Crippen LogP contribution >= 0.6 is 0 Å². The summed E-state index contributed by atoms with van der Waals surface area (Å²) in [5.74, 6) is 1.07. The van der Waals surface area contributed by atoms with E-state index in [-0.39, 0.29) is 39.2 Å². The normalized spacial score (nSPS) is 17.7. The van der Waals surface area contributed by atoms with Gasteiger partial charge in [0.05, 0.1) is 11.1 Å². The second kappa shape index (κ2) is 15.8. The quantitative estimate of drug-likeness (QED) is 0.326. The Hall–Kier alpha value is -3.26. The van der Waals surface area contributed by atoms with Crippen molar-refractivity contribution < 1.29 is 35.1 Å². The maximum absolute atomic E-state index is 13.3. The third-order valence-corrected chi connectivity index (χ3v) is 9.17. The van der Waals surface area contributed by atoms with Crippen LogP contribution in [0.2, 0.25) is 0 Å². The number of benzene rings is 2. The van der Waals surface area contributed by atoms with Gasteiger partial charge in [0.15, 0.2) is 11.7 Å². The molecule has 0 N–H and O–H groups in total. The largest absolute Gasteiger partial charge is 0.460 e. The third kappa shape index (κ3) is 8.72. The standard InChI is InChI=1S/C15H19FN2O3S.C12H15FN2O3S.2C2H6/c1-9(2)18(11-7-8-11)15-14-12(21-10(3)16)5-4-6-13(14)22(19,20)17-15;1-4-15(3)12-11-9(18-8(2)13)6-5-7-10(11)19(16,17)14-12;2*1-2/h4-6,9-11H,7-8H2,1-3H3;5-8H,4H2,1-3H3;2*1-2H3. The van der Waals surface area contributed by atoms with Gasteiger partial charge in [-0.2, -0.15) is 16.8 Å². The van der Waals surface area contributed by atoms with Gasteiger partial charge in [0.25, 0.3) is 20.0 Å². The maximum Gasteiger partial charge on any atom is 0.285 e. The van der Waals surface area contributed by atoms with Crippen molar-refractivity contribution in [1.82, 2.24) is 9.80 Å².